The van der Waals surface area contributed by atoms with E-state index in [9.17, 15) is 12.8 Å². The molecule has 0 aliphatic carbocycles. The minimum Gasteiger partial charge on any atom is -0.360 e. The lowest BCUT2D eigenvalue weighted by atomic mass is 10.0. The Morgan fingerprint density at radius 2 is 1.85 bits per heavy atom. The average molecular weight is 488 g/mol. The molecule has 34 heavy (non-hydrogen) atoms. The van der Waals surface area contributed by atoms with Crippen molar-refractivity contribution in [3.05, 3.63) is 65.6 Å². The minimum atomic E-state index is -4.32. The van der Waals surface area contributed by atoms with Gasteiger partial charge in [0.05, 0.1) is 11.3 Å². The summed E-state index contributed by atoms with van der Waals surface area (Å²) in [4.78, 5) is 6.65. The fraction of sp³-hybridized carbons (Fsp3) is 0.0952. The molecule has 0 saturated heterocycles. The average Bonchev–Trinajstić information content (AvgIpc) is 3.52. The number of fused-ring (bicyclic) bond motifs is 1. The van der Waals surface area contributed by atoms with Gasteiger partial charge in [-0.2, -0.15) is 5.10 Å². The van der Waals surface area contributed by atoms with Crippen LogP contribution in [0.25, 0.3) is 33.5 Å². The number of aromatic amines is 2. The van der Waals surface area contributed by atoms with Gasteiger partial charge in [-0.1, -0.05) is 11.2 Å². The maximum absolute atomic E-state index is 15.4. The van der Waals surface area contributed by atoms with E-state index in [2.05, 4.69) is 30.0 Å². The Hall–Kier alpha value is -4.13. The van der Waals surface area contributed by atoms with Gasteiger partial charge in [0.15, 0.2) is 28.1 Å². The number of nitrogens with zero attached hydrogens (tertiary/aromatic N) is 3. The van der Waals surface area contributed by atoms with E-state index in [1.54, 1.807) is 6.20 Å². The normalized spacial score (nSPS) is 11.9. The van der Waals surface area contributed by atoms with Crippen molar-refractivity contribution >= 4 is 26.6 Å². The smallest absolute Gasteiger partial charge is 0.267 e. The van der Waals surface area contributed by atoms with Gasteiger partial charge < -0.3 is 9.51 Å². The van der Waals surface area contributed by atoms with Gasteiger partial charge in [0.2, 0.25) is 0 Å². The van der Waals surface area contributed by atoms with Crippen molar-refractivity contribution in [1.29, 1.82) is 0 Å². The van der Waals surface area contributed by atoms with Gasteiger partial charge in [-0.05, 0) is 32.0 Å². The van der Waals surface area contributed by atoms with Gasteiger partial charge in [-0.3, -0.25) is 9.82 Å². The molecule has 0 atom stereocenters. The summed E-state index contributed by atoms with van der Waals surface area (Å²) in [6.45, 7) is 2.79. The highest BCUT2D eigenvalue weighted by atomic mass is 32.2. The summed E-state index contributed by atoms with van der Waals surface area (Å²) in [6, 6.07) is 4.38. The minimum absolute atomic E-state index is 0.00385. The molecule has 0 bridgehead atoms. The van der Waals surface area contributed by atoms with Crippen LogP contribution >= 0.6 is 0 Å². The molecular formula is C21H15F3N6O3S. The van der Waals surface area contributed by atoms with Crippen molar-refractivity contribution in [2.75, 3.05) is 4.72 Å². The van der Waals surface area contributed by atoms with Crippen molar-refractivity contribution in [3.63, 3.8) is 0 Å². The SMILES string of the molecule is Cc1noc(C)c1S(=O)(=O)Nc1ccc(F)c(-c2ccc3c(-c4ncc[nH]4)n[nH]c3c2F)c1F. The first kappa shape index (κ1) is 21.7. The highest BCUT2D eigenvalue weighted by molar-refractivity contribution is 7.92. The number of imidazole rings is 1. The van der Waals surface area contributed by atoms with Crippen LogP contribution in [0.3, 0.4) is 0 Å². The largest absolute Gasteiger partial charge is 0.360 e. The first-order valence-electron chi connectivity index (χ1n) is 9.79. The lowest BCUT2D eigenvalue weighted by Gasteiger charge is -2.13. The molecule has 0 saturated carbocycles. The van der Waals surface area contributed by atoms with Gasteiger partial charge in [0, 0.05) is 23.3 Å². The number of sulfonamides is 1. The van der Waals surface area contributed by atoms with Gasteiger partial charge in [-0.15, -0.1) is 0 Å². The van der Waals surface area contributed by atoms with Gasteiger partial charge in [0.25, 0.3) is 10.0 Å². The predicted molar refractivity (Wildman–Crippen MR) is 116 cm³/mol. The molecule has 0 unspecified atom stereocenters. The van der Waals surface area contributed by atoms with Crippen molar-refractivity contribution < 1.29 is 26.1 Å². The molecule has 0 aliphatic heterocycles. The number of aryl methyl sites for hydroxylation is 2. The molecule has 0 spiro atoms. The second kappa shape index (κ2) is 7.73. The monoisotopic (exact) mass is 488 g/mol. The zero-order valence-electron chi connectivity index (χ0n) is 17.6. The molecule has 5 aromatic rings. The highest BCUT2D eigenvalue weighted by Gasteiger charge is 2.28. The molecule has 9 nitrogen and oxygen atoms in total. The van der Waals surface area contributed by atoms with Gasteiger partial charge in [0.1, 0.15) is 22.7 Å². The number of nitrogens with one attached hydrogen (secondary N) is 3. The number of halogens is 3. The third-order valence-corrected chi connectivity index (χ3v) is 6.85. The number of H-pyrrole nitrogens is 2. The van der Waals surface area contributed by atoms with Crippen molar-refractivity contribution in [3.8, 4) is 22.6 Å². The third-order valence-electron chi connectivity index (χ3n) is 5.24. The summed E-state index contributed by atoms with van der Waals surface area (Å²) in [6.07, 6.45) is 3.07. The van der Waals surface area contributed by atoms with Crippen LogP contribution in [0.4, 0.5) is 18.9 Å². The van der Waals surface area contributed by atoms with Crippen LogP contribution in [0, 0.1) is 31.3 Å². The Morgan fingerprint density at radius 3 is 2.53 bits per heavy atom. The lowest BCUT2D eigenvalue weighted by Crippen LogP contribution is -2.16. The van der Waals surface area contributed by atoms with E-state index in [4.69, 9.17) is 4.52 Å². The Morgan fingerprint density at radius 1 is 1.06 bits per heavy atom. The molecule has 3 N–H and O–H groups in total. The van der Waals surface area contributed by atoms with E-state index in [1.165, 1.54) is 32.2 Å². The van der Waals surface area contributed by atoms with Crippen molar-refractivity contribution in [2.24, 2.45) is 0 Å². The van der Waals surface area contributed by atoms with Crippen LogP contribution < -0.4 is 4.72 Å². The fourth-order valence-corrected chi connectivity index (χ4v) is 5.15. The van der Waals surface area contributed by atoms with Crippen LogP contribution in [-0.4, -0.2) is 33.7 Å². The quantitative estimate of drug-likeness (QED) is 0.335. The second-order valence-corrected chi connectivity index (χ2v) is 9.02. The predicted octanol–water partition coefficient (Wildman–Crippen LogP) is 4.44. The zero-order valence-corrected chi connectivity index (χ0v) is 18.4. The number of benzene rings is 2. The Balaban J connectivity index is 1.62. The van der Waals surface area contributed by atoms with Crippen LogP contribution in [0.1, 0.15) is 11.5 Å². The van der Waals surface area contributed by atoms with E-state index in [0.717, 1.165) is 12.1 Å². The summed E-state index contributed by atoms with van der Waals surface area (Å²) in [5, 5.41) is 10.5. The molecule has 2 aromatic carbocycles. The van der Waals surface area contributed by atoms with Crippen LogP contribution in [0.2, 0.25) is 0 Å². The molecule has 13 heteroatoms. The third kappa shape index (κ3) is 3.32. The maximum Gasteiger partial charge on any atom is 0.267 e. The van der Waals surface area contributed by atoms with Crippen LogP contribution in [0.15, 0.2) is 46.1 Å². The zero-order chi connectivity index (χ0) is 24.2. The van der Waals surface area contributed by atoms with Crippen molar-refractivity contribution in [2.45, 2.75) is 18.7 Å². The molecule has 0 fully saturated rings. The Labute approximate surface area is 190 Å². The molecule has 3 aromatic heterocycles. The Bertz CT molecular complexity index is 1640. The van der Waals surface area contributed by atoms with Crippen LogP contribution in [-0.2, 0) is 10.0 Å². The number of hydrogen-bond acceptors (Lipinski definition) is 6. The summed E-state index contributed by atoms with van der Waals surface area (Å²) >= 11 is 0. The first-order chi connectivity index (χ1) is 16.2. The fourth-order valence-electron chi connectivity index (χ4n) is 3.76. The van der Waals surface area contributed by atoms with Gasteiger partial charge in [-0.25, -0.2) is 26.6 Å². The van der Waals surface area contributed by atoms with E-state index in [1.807, 2.05) is 0 Å². The number of hydrogen-bond donors (Lipinski definition) is 3. The van der Waals surface area contributed by atoms with Crippen molar-refractivity contribution in [1.82, 2.24) is 25.3 Å². The maximum atomic E-state index is 15.4. The summed E-state index contributed by atoms with van der Waals surface area (Å²) in [7, 11) is -4.32. The molecule has 0 aliphatic rings. The van der Waals surface area contributed by atoms with Gasteiger partial charge >= 0.3 is 0 Å². The topological polar surface area (TPSA) is 130 Å². The number of anilines is 1. The van der Waals surface area contributed by atoms with E-state index in [-0.39, 0.29) is 21.9 Å². The number of rotatable bonds is 5. The van der Waals surface area contributed by atoms with E-state index in [0.29, 0.717) is 16.9 Å². The standard InChI is InChI=1S/C21H15F3N6O3S/c1-9-20(10(2)33-29-9)34(31,32)30-14-6-5-13(22)15(17(14)24)11-3-4-12-18(16(11)23)27-28-19(12)21-25-7-8-26-21/h3-8,30H,1-2H3,(H,25,26)(H,27,28). The summed E-state index contributed by atoms with van der Waals surface area (Å²) in [5.74, 6) is -2.96. The first-order valence-corrected chi connectivity index (χ1v) is 11.3. The van der Waals surface area contributed by atoms with Crippen LogP contribution in [0.5, 0.6) is 0 Å². The Kier molecular flexibility index (Phi) is 4.93. The van der Waals surface area contributed by atoms with E-state index >= 15 is 8.78 Å². The lowest BCUT2D eigenvalue weighted by molar-refractivity contribution is 0.390. The molecule has 0 amide bonds. The molecular weight excluding hydrogens is 473 g/mol. The molecule has 5 rings (SSSR count). The summed E-state index contributed by atoms with van der Waals surface area (Å²) < 4.78 is 77.9. The van der Waals surface area contributed by atoms with E-state index < -0.39 is 44.3 Å². The molecule has 0 radical (unpaired) electrons. The summed E-state index contributed by atoms with van der Waals surface area (Å²) in [5.41, 5.74) is -1.44. The second-order valence-electron chi connectivity index (χ2n) is 7.40. The highest BCUT2D eigenvalue weighted by Crippen LogP contribution is 2.37. The number of aromatic nitrogens is 5. The molecule has 174 valence electrons. The molecule has 3 heterocycles.